The Kier molecular flexibility index (Phi) is 6.34. The Balaban J connectivity index is 1.72. The monoisotopic (exact) mass is 398 g/mol. The molecule has 0 fully saturated rings. The Morgan fingerprint density at radius 1 is 1.04 bits per heavy atom. The summed E-state index contributed by atoms with van der Waals surface area (Å²) >= 11 is 6.41. The third kappa shape index (κ3) is 4.92. The fraction of sp³-hybridized carbons (Fsp3) is 0.143. The molecule has 0 aromatic heterocycles. The first-order valence-electron chi connectivity index (χ1n) is 8.58. The molecule has 3 aromatic rings. The van der Waals surface area contributed by atoms with Gasteiger partial charge in [0.15, 0.2) is 11.5 Å². The highest BCUT2D eigenvalue weighted by atomic mass is 35.5. The molecule has 0 aliphatic rings. The summed E-state index contributed by atoms with van der Waals surface area (Å²) in [5.41, 5.74) is 2.57. The third-order valence-electron chi connectivity index (χ3n) is 4.07. The number of ether oxygens (including phenoxy) is 2. The highest BCUT2D eigenvalue weighted by molar-refractivity contribution is 6.32. The number of nitrogens with zero attached hydrogens (tertiary/aromatic N) is 1. The first-order chi connectivity index (χ1) is 13.6. The number of hydrogen-bond acceptors (Lipinski definition) is 5. The van der Waals surface area contributed by atoms with Crippen LogP contribution in [0.3, 0.4) is 0 Å². The van der Waals surface area contributed by atoms with Crippen LogP contribution in [0.15, 0.2) is 66.7 Å². The highest BCUT2D eigenvalue weighted by Gasteiger charge is 2.13. The van der Waals surface area contributed by atoms with Crippen molar-refractivity contribution in [2.75, 3.05) is 12.4 Å². The number of methoxy groups -OCH3 is 1. The Labute approximate surface area is 167 Å². The SMILES string of the molecule is COc1cc(CNc2cccc([N+](=O)[O-])c2)cc(Cl)c1OCc1ccccc1. The summed E-state index contributed by atoms with van der Waals surface area (Å²) in [7, 11) is 1.55. The van der Waals surface area contributed by atoms with Crippen molar-refractivity contribution in [2.45, 2.75) is 13.2 Å². The van der Waals surface area contributed by atoms with Gasteiger partial charge in [0.1, 0.15) is 6.61 Å². The molecule has 0 unspecified atom stereocenters. The minimum Gasteiger partial charge on any atom is -0.493 e. The van der Waals surface area contributed by atoms with Gasteiger partial charge in [-0.25, -0.2) is 0 Å². The quantitative estimate of drug-likeness (QED) is 0.403. The Morgan fingerprint density at radius 3 is 2.54 bits per heavy atom. The average Bonchev–Trinajstić information content (AvgIpc) is 2.72. The van der Waals surface area contributed by atoms with E-state index in [9.17, 15) is 10.1 Å². The van der Waals surface area contributed by atoms with Crippen LogP contribution < -0.4 is 14.8 Å². The van der Waals surface area contributed by atoms with Crippen LogP contribution >= 0.6 is 11.6 Å². The molecule has 28 heavy (non-hydrogen) atoms. The van der Waals surface area contributed by atoms with Crippen molar-refractivity contribution in [3.63, 3.8) is 0 Å². The summed E-state index contributed by atoms with van der Waals surface area (Å²) in [5.74, 6) is 1.01. The summed E-state index contributed by atoms with van der Waals surface area (Å²) in [6.45, 7) is 0.804. The van der Waals surface area contributed by atoms with Gasteiger partial charge in [-0.15, -0.1) is 0 Å². The second-order valence-corrected chi connectivity index (χ2v) is 6.45. The lowest BCUT2D eigenvalue weighted by Gasteiger charge is -2.15. The van der Waals surface area contributed by atoms with Crippen LogP contribution in [0, 0.1) is 10.1 Å². The predicted octanol–water partition coefficient (Wildman–Crippen LogP) is 5.45. The van der Waals surface area contributed by atoms with Gasteiger partial charge in [0.25, 0.3) is 5.69 Å². The molecule has 0 bridgehead atoms. The number of non-ortho nitro benzene ring substituents is 1. The lowest BCUT2D eigenvalue weighted by atomic mass is 10.2. The molecule has 7 heteroatoms. The van der Waals surface area contributed by atoms with Crippen LogP contribution in [0.2, 0.25) is 5.02 Å². The molecule has 0 saturated heterocycles. The molecule has 0 spiro atoms. The van der Waals surface area contributed by atoms with Crippen molar-refractivity contribution >= 4 is 23.0 Å². The van der Waals surface area contributed by atoms with E-state index in [0.29, 0.717) is 35.4 Å². The fourth-order valence-corrected chi connectivity index (χ4v) is 2.97. The molecule has 6 nitrogen and oxygen atoms in total. The molecule has 0 heterocycles. The van der Waals surface area contributed by atoms with Gasteiger partial charge in [-0.3, -0.25) is 10.1 Å². The number of hydrogen-bond donors (Lipinski definition) is 1. The summed E-state index contributed by atoms with van der Waals surface area (Å²) in [6, 6.07) is 19.7. The smallest absolute Gasteiger partial charge is 0.271 e. The van der Waals surface area contributed by atoms with Gasteiger partial charge in [-0.1, -0.05) is 48.0 Å². The highest BCUT2D eigenvalue weighted by Crippen LogP contribution is 2.37. The van der Waals surface area contributed by atoms with Gasteiger partial charge in [0.2, 0.25) is 0 Å². The van der Waals surface area contributed by atoms with Crippen LogP contribution in [0.5, 0.6) is 11.5 Å². The van der Waals surface area contributed by atoms with E-state index in [1.54, 1.807) is 25.3 Å². The zero-order chi connectivity index (χ0) is 19.9. The van der Waals surface area contributed by atoms with E-state index < -0.39 is 4.92 Å². The van der Waals surface area contributed by atoms with Crippen molar-refractivity contribution < 1.29 is 14.4 Å². The van der Waals surface area contributed by atoms with E-state index in [2.05, 4.69) is 5.32 Å². The topological polar surface area (TPSA) is 73.6 Å². The van der Waals surface area contributed by atoms with Crippen molar-refractivity contribution in [1.29, 1.82) is 0 Å². The van der Waals surface area contributed by atoms with E-state index in [1.807, 2.05) is 36.4 Å². The summed E-state index contributed by atoms with van der Waals surface area (Å²) in [4.78, 5) is 10.5. The Bertz CT molecular complexity index is 964. The molecular formula is C21H19ClN2O4. The number of nitrogens with one attached hydrogen (secondary N) is 1. The summed E-state index contributed by atoms with van der Waals surface area (Å²) in [5, 5.41) is 14.5. The maximum Gasteiger partial charge on any atom is 0.271 e. The average molecular weight is 399 g/mol. The van der Waals surface area contributed by atoms with Gasteiger partial charge >= 0.3 is 0 Å². The van der Waals surface area contributed by atoms with E-state index in [1.165, 1.54) is 12.1 Å². The van der Waals surface area contributed by atoms with Crippen LogP contribution in [-0.2, 0) is 13.2 Å². The molecule has 3 aromatic carbocycles. The van der Waals surface area contributed by atoms with Crippen molar-refractivity contribution in [2.24, 2.45) is 0 Å². The molecular weight excluding hydrogens is 380 g/mol. The number of rotatable bonds is 8. The van der Waals surface area contributed by atoms with E-state index >= 15 is 0 Å². The van der Waals surface area contributed by atoms with Gasteiger partial charge < -0.3 is 14.8 Å². The molecule has 0 aliphatic carbocycles. The largest absolute Gasteiger partial charge is 0.493 e. The molecule has 144 valence electrons. The number of benzene rings is 3. The first kappa shape index (κ1) is 19.5. The first-order valence-corrected chi connectivity index (χ1v) is 8.96. The molecule has 0 aliphatic heterocycles. The summed E-state index contributed by atoms with van der Waals surface area (Å²) < 4.78 is 11.3. The number of anilines is 1. The molecule has 0 amide bonds. The normalized spacial score (nSPS) is 10.4. The molecule has 0 saturated carbocycles. The Hall–Kier alpha value is -3.25. The van der Waals surface area contributed by atoms with Crippen molar-refractivity contribution in [3.05, 3.63) is 93.0 Å². The van der Waals surface area contributed by atoms with Crippen LogP contribution in [0.4, 0.5) is 11.4 Å². The van der Waals surface area contributed by atoms with Gasteiger partial charge in [-0.2, -0.15) is 0 Å². The zero-order valence-corrected chi connectivity index (χ0v) is 16.0. The lowest BCUT2D eigenvalue weighted by molar-refractivity contribution is -0.384. The maximum absolute atomic E-state index is 10.9. The maximum atomic E-state index is 10.9. The minimum absolute atomic E-state index is 0.0327. The molecule has 1 N–H and O–H groups in total. The minimum atomic E-state index is -0.427. The predicted molar refractivity (Wildman–Crippen MR) is 109 cm³/mol. The number of nitro groups is 1. The lowest BCUT2D eigenvalue weighted by Crippen LogP contribution is -2.03. The van der Waals surface area contributed by atoms with Gasteiger partial charge in [0, 0.05) is 24.4 Å². The van der Waals surface area contributed by atoms with Gasteiger partial charge in [0.05, 0.1) is 17.1 Å². The molecule has 3 rings (SSSR count). The fourth-order valence-electron chi connectivity index (χ4n) is 2.68. The van der Waals surface area contributed by atoms with Gasteiger partial charge in [-0.05, 0) is 29.3 Å². The van der Waals surface area contributed by atoms with Crippen LogP contribution in [-0.4, -0.2) is 12.0 Å². The number of nitro benzene ring substituents is 1. The second kappa shape index (κ2) is 9.10. The van der Waals surface area contributed by atoms with Crippen LogP contribution in [0.25, 0.3) is 0 Å². The molecule has 0 atom stereocenters. The third-order valence-corrected chi connectivity index (χ3v) is 4.35. The van der Waals surface area contributed by atoms with E-state index in [0.717, 1.165) is 11.1 Å². The Morgan fingerprint density at radius 2 is 1.82 bits per heavy atom. The second-order valence-electron chi connectivity index (χ2n) is 6.04. The van der Waals surface area contributed by atoms with E-state index in [4.69, 9.17) is 21.1 Å². The number of halogens is 1. The van der Waals surface area contributed by atoms with Crippen LogP contribution in [0.1, 0.15) is 11.1 Å². The summed E-state index contributed by atoms with van der Waals surface area (Å²) in [6.07, 6.45) is 0. The van der Waals surface area contributed by atoms with Crippen molar-refractivity contribution in [1.82, 2.24) is 0 Å². The van der Waals surface area contributed by atoms with Crippen molar-refractivity contribution in [3.8, 4) is 11.5 Å². The zero-order valence-electron chi connectivity index (χ0n) is 15.2. The standard InChI is InChI=1S/C21H19ClN2O4/c1-27-20-11-16(13-23-17-8-5-9-18(12-17)24(25)26)10-19(22)21(20)28-14-15-6-3-2-4-7-15/h2-12,23H,13-14H2,1H3. The van der Waals surface area contributed by atoms with E-state index in [-0.39, 0.29) is 5.69 Å². The molecule has 0 radical (unpaired) electrons.